The standard InChI is InChI=1S/C27H24O4/c1-18(2)17-26(28)30-24-13-9-22(10-14-24)20-5-7-21(8-6-20)23-11-15-25(16-12-23)31-27(29)19(3)4/h5-16H,1,3,17H2,2,4H3. The van der Waals surface area contributed by atoms with Gasteiger partial charge in [0.15, 0.2) is 0 Å². The molecule has 0 aliphatic rings. The van der Waals surface area contributed by atoms with Gasteiger partial charge in [0.25, 0.3) is 0 Å². The molecule has 0 amide bonds. The van der Waals surface area contributed by atoms with E-state index in [0.29, 0.717) is 17.1 Å². The number of carbonyl (C=O) groups excluding carboxylic acids is 2. The minimum Gasteiger partial charge on any atom is -0.426 e. The van der Waals surface area contributed by atoms with Gasteiger partial charge in [-0.15, -0.1) is 0 Å². The van der Waals surface area contributed by atoms with Crippen LogP contribution in [0, 0.1) is 0 Å². The van der Waals surface area contributed by atoms with Crippen LogP contribution in [0.4, 0.5) is 0 Å². The summed E-state index contributed by atoms with van der Waals surface area (Å²) in [6, 6.07) is 22.9. The summed E-state index contributed by atoms with van der Waals surface area (Å²) in [5.74, 6) is 0.246. The van der Waals surface area contributed by atoms with Crippen molar-refractivity contribution in [1.29, 1.82) is 0 Å². The van der Waals surface area contributed by atoms with Crippen molar-refractivity contribution in [2.45, 2.75) is 20.3 Å². The predicted octanol–water partition coefficient (Wildman–Crippen LogP) is 6.37. The average Bonchev–Trinajstić information content (AvgIpc) is 2.74. The molecule has 0 bridgehead atoms. The van der Waals surface area contributed by atoms with Gasteiger partial charge in [-0.1, -0.05) is 67.3 Å². The summed E-state index contributed by atoms with van der Waals surface area (Å²) in [6.07, 6.45) is 0.209. The molecule has 0 N–H and O–H groups in total. The maximum atomic E-state index is 11.7. The van der Waals surface area contributed by atoms with Gasteiger partial charge in [-0.05, 0) is 60.4 Å². The molecule has 0 radical (unpaired) electrons. The second-order valence-corrected chi connectivity index (χ2v) is 7.40. The first kappa shape index (κ1) is 21.8. The number of rotatable bonds is 7. The fraction of sp³-hybridized carbons (Fsp3) is 0.111. The number of esters is 2. The zero-order chi connectivity index (χ0) is 22.4. The molecule has 0 atom stereocenters. The minimum absolute atomic E-state index is 0.209. The van der Waals surface area contributed by atoms with Gasteiger partial charge in [-0.25, -0.2) is 4.79 Å². The van der Waals surface area contributed by atoms with Crippen LogP contribution in [-0.2, 0) is 9.59 Å². The molecule has 0 aliphatic carbocycles. The third kappa shape index (κ3) is 6.03. The summed E-state index contributed by atoms with van der Waals surface area (Å²) >= 11 is 0. The minimum atomic E-state index is -0.436. The van der Waals surface area contributed by atoms with Gasteiger partial charge in [-0.2, -0.15) is 0 Å². The fourth-order valence-corrected chi connectivity index (χ4v) is 2.89. The van der Waals surface area contributed by atoms with E-state index in [1.54, 1.807) is 38.1 Å². The van der Waals surface area contributed by atoms with Crippen LogP contribution in [0.15, 0.2) is 97.1 Å². The Hall–Kier alpha value is -3.92. The SMILES string of the molecule is C=C(C)CC(=O)Oc1ccc(-c2ccc(-c3ccc(OC(=O)C(=C)C)cc3)cc2)cc1. The Labute approximate surface area is 182 Å². The Morgan fingerprint density at radius 3 is 1.35 bits per heavy atom. The molecule has 3 aromatic carbocycles. The summed E-state index contributed by atoms with van der Waals surface area (Å²) in [5, 5.41) is 0. The third-order valence-electron chi connectivity index (χ3n) is 4.50. The molecule has 0 aromatic heterocycles. The maximum Gasteiger partial charge on any atom is 0.338 e. The van der Waals surface area contributed by atoms with Gasteiger partial charge < -0.3 is 9.47 Å². The summed E-state index contributed by atoms with van der Waals surface area (Å²) in [7, 11) is 0. The zero-order valence-corrected chi connectivity index (χ0v) is 17.7. The molecule has 3 rings (SSSR count). The highest BCUT2D eigenvalue weighted by Crippen LogP contribution is 2.27. The van der Waals surface area contributed by atoms with E-state index in [0.717, 1.165) is 27.8 Å². The molecule has 156 valence electrons. The highest BCUT2D eigenvalue weighted by atomic mass is 16.5. The van der Waals surface area contributed by atoms with Crippen LogP contribution in [0.1, 0.15) is 20.3 Å². The van der Waals surface area contributed by atoms with Crippen molar-refractivity contribution in [2.24, 2.45) is 0 Å². The lowest BCUT2D eigenvalue weighted by Gasteiger charge is -2.08. The molecule has 31 heavy (non-hydrogen) atoms. The molecular weight excluding hydrogens is 388 g/mol. The number of ether oxygens (including phenoxy) is 2. The van der Waals surface area contributed by atoms with Crippen LogP contribution in [-0.4, -0.2) is 11.9 Å². The topological polar surface area (TPSA) is 52.6 Å². The zero-order valence-electron chi connectivity index (χ0n) is 17.7. The van der Waals surface area contributed by atoms with Crippen LogP contribution in [0.2, 0.25) is 0 Å². The maximum absolute atomic E-state index is 11.7. The Morgan fingerprint density at radius 2 is 1.00 bits per heavy atom. The van der Waals surface area contributed by atoms with Gasteiger partial charge >= 0.3 is 11.9 Å². The Balaban J connectivity index is 1.67. The van der Waals surface area contributed by atoms with E-state index in [-0.39, 0.29) is 12.4 Å². The van der Waals surface area contributed by atoms with E-state index in [4.69, 9.17) is 9.47 Å². The molecule has 4 heteroatoms. The normalized spacial score (nSPS) is 10.3. The molecule has 3 aromatic rings. The van der Waals surface area contributed by atoms with Gasteiger partial charge in [0, 0.05) is 5.57 Å². The van der Waals surface area contributed by atoms with Crippen molar-refractivity contribution in [3.8, 4) is 33.8 Å². The molecule has 0 spiro atoms. The average molecular weight is 412 g/mol. The highest BCUT2D eigenvalue weighted by molar-refractivity contribution is 5.88. The fourth-order valence-electron chi connectivity index (χ4n) is 2.89. The molecule has 0 unspecified atom stereocenters. The predicted molar refractivity (Wildman–Crippen MR) is 123 cm³/mol. The third-order valence-corrected chi connectivity index (χ3v) is 4.50. The Bertz CT molecular complexity index is 1110. The van der Waals surface area contributed by atoms with Crippen molar-refractivity contribution >= 4 is 11.9 Å². The first-order valence-electron chi connectivity index (χ1n) is 9.85. The van der Waals surface area contributed by atoms with Gasteiger partial charge in [-0.3, -0.25) is 4.79 Å². The van der Waals surface area contributed by atoms with Crippen molar-refractivity contribution in [3.63, 3.8) is 0 Å². The molecule has 0 heterocycles. The van der Waals surface area contributed by atoms with Crippen LogP contribution in [0.3, 0.4) is 0 Å². The van der Waals surface area contributed by atoms with Crippen molar-refractivity contribution in [3.05, 3.63) is 97.1 Å². The van der Waals surface area contributed by atoms with Crippen molar-refractivity contribution < 1.29 is 19.1 Å². The summed E-state index contributed by atoms with van der Waals surface area (Å²) in [4.78, 5) is 23.3. The smallest absolute Gasteiger partial charge is 0.338 e. The lowest BCUT2D eigenvalue weighted by molar-refractivity contribution is -0.133. The van der Waals surface area contributed by atoms with Gasteiger partial charge in [0.05, 0.1) is 6.42 Å². The molecule has 4 nitrogen and oxygen atoms in total. The van der Waals surface area contributed by atoms with E-state index < -0.39 is 5.97 Å². The largest absolute Gasteiger partial charge is 0.426 e. The van der Waals surface area contributed by atoms with E-state index in [2.05, 4.69) is 13.2 Å². The van der Waals surface area contributed by atoms with Crippen LogP contribution >= 0.6 is 0 Å². The van der Waals surface area contributed by atoms with Gasteiger partial charge in [0.1, 0.15) is 11.5 Å². The summed E-state index contributed by atoms with van der Waals surface area (Å²) in [6.45, 7) is 10.7. The van der Waals surface area contributed by atoms with Crippen molar-refractivity contribution in [1.82, 2.24) is 0 Å². The van der Waals surface area contributed by atoms with Crippen LogP contribution in [0.25, 0.3) is 22.3 Å². The van der Waals surface area contributed by atoms with E-state index >= 15 is 0 Å². The first-order chi connectivity index (χ1) is 14.8. The number of hydrogen-bond acceptors (Lipinski definition) is 4. The van der Waals surface area contributed by atoms with E-state index in [1.165, 1.54) is 0 Å². The van der Waals surface area contributed by atoms with E-state index in [1.807, 2.05) is 48.5 Å². The highest BCUT2D eigenvalue weighted by Gasteiger charge is 2.07. The second-order valence-electron chi connectivity index (χ2n) is 7.40. The second kappa shape index (κ2) is 9.72. The Morgan fingerprint density at radius 1 is 0.645 bits per heavy atom. The lowest BCUT2D eigenvalue weighted by atomic mass is 10.0. The van der Waals surface area contributed by atoms with Crippen LogP contribution in [0.5, 0.6) is 11.5 Å². The first-order valence-corrected chi connectivity index (χ1v) is 9.85. The molecule has 0 fully saturated rings. The van der Waals surface area contributed by atoms with Crippen LogP contribution < -0.4 is 9.47 Å². The number of carbonyl (C=O) groups is 2. The number of benzene rings is 3. The molecular formula is C27H24O4. The number of hydrogen-bond donors (Lipinski definition) is 0. The summed E-state index contributed by atoms with van der Waals surface area (Å²) < 4.78 is 10.5. The monoisotopic (exact) mass is 412 g/mol. The molecule has 0 saturated carbocycles. The lowest BCUT2D eigenvalue weighted by Crippen LogP contribution is -2.07. The molecule has 0 saturated heterocycles. The van der Waals surface area contributed by atoms with E-state index in [9.17, 15) is 9.59 Å². The quantitative estimate of drug-likeness (QED) is 0.196. The van der Waals surface area contributed by atoms with Crippen molar-refractivity contribution in [2.75, 3.05) is 0 Å². The molecule has 0 aliphatic heterocycles. The summed E-state index contributed by atoms with van der Waals surface area (Å²) in [5.41, 5.74) is 5.26. The van der Waals surface area contributed by atoms with Gasteiger partial charge in [0.2, 0.25) is 0 Å². The Kier molecular flexibility index (Phi) is 6.83.